The Kier molecular flexibility index (Phi) is 7.39. The van der Waals surface area contributed by atoms with Crippen LogP contribution in [0.4, 0.5) is 9.39 Å². The molecule has 0 bridgehead atoms. The Morgan fingerprint density at radius 2 is 2.10 bits per heavy atom. The van der Waals surface area contributed by atoms with Gasteiger partial charge in [0.05, 0.1) is 11.5 Å². The molecule has 156 valence electrons. The van der Waals surface area contributed by atoms with Crippen molar-refractivity contribution in [2.75, 3.05) is 25.0 Å². The third-order valence-electron chi connectivity index (χ3n) is 5.29. The maximum Gasteiger partial charge on any atom is 0.191 e. The molecule has 0 unspecified atom stereocenters. The zero-order valence-corrected chi connectivity index (χ0v) is 19.7. The molecule has 4 rings (SSSR count). The third kappa shape index (κ3) is 5.03. The van der Waals surface area contributed by atoms with E-state index >= 15 is 0 Å². The highest BCUT2D eigenvalue weighted by molar-refractivity contribution is 14.0. The molecule has 0 atom stereocenters. The number of guanidine groups is 1. The summed E-state index contributed by atoms with van der Waals surface area (Å²) in [5.74, 6) is 1.32. The summed E-state index contributed by atoms with van der Waals surface area (Å²) in [5, 5.41) is 11.1. The molecule has 0 amide bonds. The normalized spacial score (nSPS) is 15.4. The van der Waals surface area contributed by atoms with Crippen LogP contribution in [0.15, 0.2) is 45.1 Å². The number of aryl methyl sites for hydroxylation is 1. The Labute approximate surface area is 191 Å². The first kappa shape index (κ1) is 21.9. The number of nitrogens with one attached hydrogen (secondary N) is 2. The van der Waals surface area contributed by atoms with Gasteiger partial charge in [-0.15, -0.1) is 35.3 Å². The number of benzene rings is 1. The number of hydrogen-bond acceptors (Lipinski definition) is 4. The molecule has 1 aromatic carbocycles. The van der Waals surface area contributed by atoms with Gasteiger partial charge in [-0.3, -0.25) is 4.99 Å². The second-order valence-electron chi connectivity index (χ2n) is 7.07. The molecule has 8 heteroatoms. The summed E-state index contributed by atoms with van der Waals surface area (Å²) in [7, 11) is 1.77. The molecule has 0 saturated carbocycles. The Balaban J connectivity index is 0.00000240. The fourth-order valence-electron chi connectivity index (χ4n) is 3.66. The van der Waals surface area contributed by atoms with Gasteiger partial charge >= 0.3 is 0 Å². The standard InChI is InChI=1S/C21H25FN4OS.HI/c1-14-17-12-15(22)5-6-18(17)27-19(14)13-24-21(23-2)25-16-7-9-26(10-8-16)20-4-3-11-28-20;/h3-6,11-12,16H,7-10,13H2,1-2H3,(H2,23,24,25);1H. The molecule has 0 radical (unpaired) electrons. The number of nitrogens with zero attached hydrogens (tertiary/aromatic N) is 2. The van der Waals surface area contributed by atoms with Gasteiger partial charge in [-0.1, -0.05) is 0 Å². The van der Waals surface area contributed by atoms with E-state index in [2.05, 4.69) is 38.0 Å². The number of aliphatic imine (C=N–C) groups is 1. The highest BCUT2D eigenvalue weighted by atomic mass is 127. The molecular formula is C21H26FIN4OS. The van der Waals surface area contributed by atoms with Crippen molar-refractivity contribution >= 4 is 57.2 Å². The summed E-state index contributed by atoms with van der Waals surface area (Å²) in [4.78, 5) is 6.79. The van der Waals surface area contributed by atoms with Crippen molar-refractivity contribution in [3.63, 3.8) is 0 Å². The molecule has 2 aromatic heterocycles. The first-order valence-corrected chi connectivity index (χ1v) is 10.4. The Morgan fingerprint density at radius 3 is 2.79 bits per heavy atom. The maximum absolute atomic E-state index is 13.5. The fourth-order valence-corrected chi connectivity index (χ4v) is 4.44. The van der Waals surface area contributed by atoms with Crippen molar-refractivity contribution in [1.82, 2.24) is 10.6 Å². The minimum Gasteiger partial charge on any atom is -0.459 e. The van der Waals surface area contributed by atoms with Crippen LogP contribution in [-0.2, 0) is 6.54 Å². The van der Waals surface area contributed by atoms with Gasteiger partial charge < -0.3 is 20.0 Å². The average Bonchev–Trinajstić information content (AvgIpc) is 3.35. The number of hydrogen-bond donors (Lipinski definition) is 2. The SMILES string of the molecule is CN=C(NCc1oc2ccc(F)cc2c1C)NC1CCN(c2cccs2)CC1.I. The summed E-state index contributed by atoms with van der Waals surface area (Å²) < 4.78 is 19.4. The highest BCUT2D eigenvalue weighted by Crippen LogP contribution is 2.26. The molecular weight excluding hydrogens is 502 g/mol. The number of thiophene rings is 1. The predicted octanol–water partition coefficient (Wildman–Crippen LogP) is 4.89. The van der Waals surface area contributed by atoms with E-state index < -0.39 is 0 Å². The third-order valence-corrected chi connectivity index (χ3v) is 6.22. The van der Waals surface area contributed by atoms with Gasteiger partial charge in [-0.05, 0) is 55.5 Å². The van der Waals surface area contributed by atoms with E-state index in [0.717, 1.165) is 48.6 Å². The number of fused-ring (bicyclic) bond motifs is 1. The molecule has 3 heterocycles. The summed E-state index contributed by atoms with van der Waals surface area (Å²) in [5.41, 5.74) is 1.67. The smallest absolute Gasteiger partial charge is 0.191 e. The zero-order chi connectivity index (χ0) is 19.5. The van der Waals surface area contributed by atoms with Crippen molar-refractivity contribution in [3.8, 4) is 0 Å². The van der Waals surface area contributed by atoms with Crippen molar-refractivity contribution in [2.24, 2.45) is 4.99 Å². The van der Waals surface area contributed by atoms with Gasteiger partial charge in [0.25, 0.3) is 0 Å². The van der Waals surface area contributed by atoms with Crippen molar-refractivity contribution in [3.05, 3.63) is 52.9 Å². The van der Waals surface area contributed by atoms with Crippen LogP contribution in [0.25, 0.3) is 11.0 Å². The van der Waals surface area contributed by atoms with Crippen LogP contribution < -0.4 is 15.5 Å². The van der Waals surface area contributed by atoms with Crippen LogP contribution in [0.2, 0.25) is 0 Å². The van der Waals surface area contributed by atoms with Crippen LogP contribution in [0.1, 0.15) is 24.2 Å². The lowest BCUT2D eigenvalue weighted by Gasteiger charge is -2.33. The number of piperidine rings is 1. The predicted molar refractivity (Wildman–Crippen MR) is 129 cm³/mol. The lowest BCUT2D eigenvalue weighted by atomic mass is 10.1. The van der Waals surface area contributed by atoms with E-state index in [1.54, 1.807) is 24.5 Å². The van der Waals surface area contributed by atoms with Crippen LogP contribution in [0.5, 0.6) is 0 Å². The van der Waals surface area contributed by atoms with E-state index in [9.17, 15) is 4.39 Å². The highest BCUT2D eigenvalue weighted by Gasteiger charge is 2.21. The van der Waals surface area contributed by atoms with Gasteiger partial charge in [0.2, 0.25) is 0 Å². The quantitative estimate of drug-likeness (QED) is 0.288. The second kappa shape index (κ2) is 9.80. The average molecular weight is 528 g/mol. The summed E-state index contributed by atoms with van der Waals surface area (Å²) in [6, 6.07) is 9.30. The van der Waals surface area contributed by atoms with E-state index in [1.165, 1.54) is 17.1 Å². The van der Waals surface area contributed by atoms with E-state index in [-0.39, 0.29) is 29.8 Å². The van der Waals surface area contributed by atoms with Crippen LogP contribution in [0, 0.1) is 12.7 Å². The number of halogens is 2. The molecule has 1 aliphatic heterocycles. The molecule has 5 nitrogen and oxygen atoms in total. The topological polar surface area (TPSA) is 52.8 Å². The van der Waals surface area contributed by atoms with E-state index in [0.29, 0.717) is 18.2 Å². The minimum atomic E-state index is -0.248. The minimum absolute atomic E-state index is 0. The zero-order valence-electron chi connectivity index (χ0n) is 16.6. The lowest BCUT2D eigenvalue weighted by molar-refractivity contribution is 0.460. The Hall–Kier alpha value is -1.81. The molecule has 1 fully saturated rings. The van der Waals surface area contributed by atoms with Crippen molar-refractivity contribution in [2.45, 2.75) is 32.4 Å². The molecule has 1 aliphatic rings. The molecule has 3 aromatic rings. The van der Waals surface area contributed by atoms with Crippen molar-refractivity contribution < 1.29 is 8.81 Å². The summed E-state index contributed by atoms with van der Waals surface area (Å²) in [6.45, 7) is 4.56. The van der Waals surface area contributed by atoms with Gasteiger partial charge in [-0.2, -0.15) is 0 Å². The van der Waals surface area contributed by atoms with Gasteiger partial charge in [0.1, 0.15) is 17.2 Å². The van der Waals surface area contributed by atoms with Gasteiger partial charge in [-0.25, -0.2) is 4.39 Å². The largest absolute Gasteiger partial charge is 0.459 e. The number of rotatable bonds is 4. The number of anilines is 1. The molecule has 1 saturated heterocycles. The lowest BCUT2D eigenvalue weighted by Crippen LogP contribution is -2.48. The molecule has 29 heavy (non-hydrogen) atoms. The monoisotopic (exact) mass is 528 g/mol. The first-order valence-electron chi connectivity index (χ1n) is 9.57. The van der Waals surface area contributed by atoms with Crippen LogP contribution in [0.3, 0.4) is 0 Å². The molecule has 0 spiro atoms. The summed E-state index contributed by atoms with van der Waals surface area (Å²) in [6.07, 6.45) is 2.14. The first-order chi connectivity index (χ1) is 13.6. The van der Waals surface area contributed by atoms with Crippen LogP contribution >= 0.6 is 35.3 Å². The molecule has 0 aliphatic carbocycles. The molecule has 2 N–H and O–H groups in total. The summed E-state index contributed by atoms with van der Waals surface area (Å²) >= 11 is 1.79. The van der Waals surface area contributed by atoms with E-state index in [4.69, 9.17) is 4.42 Å². The Morgan fingerprint density at radius 1 is 1.31 bits per heavy atom. The van der Waals surface area contributed by atoms with Gasteiger partial charge in [0.15, 0.2) is 5.96 Å². The van der Waals surface area contributed by atoms with Gasteiger partial charge in [0, 0.05) is 37.1 Å². The number of furan rings is 1. The van der Waals surface area contributed by atoms with Crippen LogP contribution in [-0.4, -0.2) is 32.1 Å². The van der Waals surface area contributed by atoms with E-state index in [1.807, 2.05) is 6.92 Å². The Bertz CT molecular complexity index is 965. The fraction of sp³-hybridized carbons (Fsp3) is 0.381. The van der Waals surface area contributed by atoms with Crippen molar-refractivity contribution in [1.29, 1.82) is 0 Å². The maximum atomic E-state index is 13.5. The second-order valence-corrected chi connectivity index (χ2v) is 8.00.